The number of nitrogens with two attached hydrogens (primary N) is 1. The molecule has 0 aromatic carbocycles. The Hall–Kier alpha value is -3.06. The number of carbonyl (C=O) groups excluding carboxylic acids is 2. The SMILES string of the molecule is CCCCCC1OC1C/C=C\C/C=C\C/C=C\CCCC(=O)O[C@H](COC(=O)CCCCCCCCCCCCCCCC(C)C)COP(=O)(O)OP(=O)(O)OC[C@H]1O[C@@H](n2ccc(N)nc2=O)[C@H](O)[C@@H]1O. The molecule has 2 aliphatic rings. The minimum atomic E-state index is -5.44. The second kappa shape index (κ2) is 36.0. The highest BCUT2D eigenvalue weighted by atomic mass is 31.3. The fraction of sp³-hybridized carbons (Fsp3) is 0.765. The summed E-state index contributed by atoms with van der Waals surface area (Å²) in [4.78, 5) is 62.0. The highest BCUT2D eigenvalue weighted by Gasteiger charge is 2.46. The fourth-order valence-electron chi connectivity index (χ4n) is 8.11. The number of hydrogen-bond donors (Lipinski definition) is 5. The number of phosphoric acid groups is 2. The van der Waals surface area contributed by atoms with Crippen molar-refractivity contribution < 1.29 is 71.0 Å². The highest BCUT2D eigenvalue weighted by Crippen LogP contribution is 2.60. The Balaban J connectivity index is 1.40. The van der Waals surface area contributed by atoms with Gasteiger partial charge in [-0.2, -0.15) is 9.29 Å². The van der Waals surface area contributed by atoms with Crippen LogP contribution < -0.4 is 11.4 Å². The summed E-state index contributed by atoms with van der Waals surface area (Å²) < 4.78 is 62.5. The van der Waals surface area contributed by atoms with Crippen molar-refractivity contribution in [2.24, 2.45) is 5.92 Å². The number of aliphatic hydroxyl groups is 2. The summed E-state index contributed by atoms with van der Waals surface area (Å²) in [6, 6.07) is 1.25. The Bertz CT molecular complexity index is 1930. The number of hydrogen-bond acceptors (Lipinski definition) is 16. The smallest absolute Gasteiger partial charge is 0.462 e. The first-order valence-corrected chi connectivity index (χ1v) is 29.5. The molecule has 2 saturated heterocycles. The van der Waals surface area contributed by atoms with E-state index in [-0.39, 0.29) is 18.7 Å². The van der Waals surface area contributed by atoms with E-state index >= 15 is 0 Å². The van der Waals surface area contributed by atoms with Crippen LogP contribution in [0.2, 0.25) is 0 Å². The Kier molecular flexibility index (Phi) is 31.6. The molecule has 2 fully saturated rings. The molecule has 0 radical (unpaired) electrons. The van der Waals surface area contributed by atoms with Gasteiger partial charge in [0, 0.05) is 19.0 Å². The molecule has 9 atom stereocenters. The van der Waals surface area contributed by atoms with Gasteiger partial charge in [-0.25, -0.2) is 13.9 Å². The summed E-state index contributed by atoms with van der Waals surface area (Å²) in [5.41, 5.74) is 4.59. The predicted molar refractivity (Wildman–Crippen MR) is 274 cm³/mol. The number of aliphatic hydroxyl groups excluding tert-OH is 2. The van der Waals surface area contributed by atoms with Gasteiger partial charge in [0.05, 0.1) is 25.4 Å². The minimum absolute atomic E-state index is 0.0285. The van der Waals surface area contributed by atoms with E-state index in [1.54, 1.807) is 0 Å². The second-order valence-corrected chi connectivity index (χ2v) is 22.3. The molecule has 0 amide bonds. The average molecular weight is 1060 g/mol. The first-order chi connectivity index (χ1) is 34.5. The number of aromatic nitrogens is 2. The molecule has 412 valence electrons. The van der Waals surface area contributed by atoms with E-state index in [1.807, 2.05) is 12.2 Å². The van der Waals surface area contributed by atoms with Gasteiger partial charge in [-0.15, -0.1) is 0 Å². The number of rotatable bonds is 42. The summed E-state index contributed by atoms with van der Waals surface area (Å²) in [6.07, 6.45) is 31.2. The van der Waals surface area contributed by atoms with E-state index in [0.29, 0.717) is 31.5 Å². The predicted octanol–water partition coefficient (Wildman–Crippen LogP) is 10.0. The van der Waals surface area contributed by atoms with Crippen molar-refractivity contribution in [2.75, 3.05) is 25.6 Å². The molecule has 0 spiro atoms. The van der Waals surface area contributed by atoms with Crippen LogP contribution >= 0.6 is 15.6 Å². The Morgan fingerprint density at radius 1 is 0.736 bits per heavy atom. The molecule has 72 heavy (non-hydrogen) atoms. The first-order valence-electron chi connectivity index (χ1n) is 26.5. The third kappa shape index (κ3) is 28.6. The largest absolute Gasteiger partial charge is 0.481 e. The number of anilines is 1. The van der Waals surface area contributed by atoms with Crippen LogP contribution in [-0.4, -0.2) is 97.9 Å². The number of ether oxygens (including phenoxy) is 4. The van der Waals surface area contributed by atoms with Gasteiger partial charge in [0.15, 0.2) is 12.3 Å². The van der Waals surface area contributed by atoms with Crippen molar-refractivity contribution in [3.05, 3.63) is 59.2 Å². The zero-order valence-corrected chi connectivity index (χ0v) is 44.9. The van der Waals surface area contributed by atoms with Gasteiger partial charge in [-0.3, -0.25) is 23.2 Å². The van der Waals surface area contributed by atoms with E-state index < -0.39 is 83.7 Å². The van der Waals surface area contributed by atoms with Crippen molar-refractivity contribution in [1.29, 1.82) is 0 Å². The molecular weight excluding hydrogens is 973 g/mol. The number of esters is 2. The van der Waals surface area contributed by atoms with Crippen LogP contribution in [0.1, 0.15) is 188 Å². The van der Waals surface area contributed by atoms with Gasteiger partial charge in [0.2, 0.25) is 0 Å². The number of unbranched alkanes of at least 4 members (excludes halogenated alkanes) is 15. The molecule has 21 heteroatoms. The molecule has 2 aliphatic heterocycles. The first kappa shape index (κ1) is 63.2. The maximum absolute atomic E-state index is 12.9. The zero-order valence-electron chi connectivity index (χ0n) is 43.1. The third-order valence-corrected chi connectivity index (χ3v) is 14.9. The number of phosphoric ester groups is 2. The lowest BCUT2D eigenvalue weighted by Gasteiger charge is -2.21. The average Bonchev–Trinajstić information content (AvgIpc) is 4.01. The molecule has 0 bridgehead atoms. The minimum Gasteiger partial charge on any atom is -0.462 e. The molecule has 3 heterocycles. The topological polar surface area (TPSA) is 278 Å². The Morgan fingerprint density at radius 2 is 1.33 bits per heavy atom. The quantitative estimate of drug-likeness (QED) is 0.0134. The highest BCUT2D eigenvalue weighted by molar-refractivity contribution is 7.61. The molecule has 6 N–H and O–H groups in total. The standard InChI is InChI=1S/C51H87N3O16P2/c1-4-5-25-31-42-43(68-42)32-27-22-18-14-11-12-16-20-24-29-34-47(56)67-41(37-64-46(55)33-28-23-19-15-10-8-6-7-9-13-17-21-26-30-40(2)3)38-65-71(60,61)70-72(62,63)66-39-44-48(57)49(58)50(69-44)54-36-35-45(52)53-51(54)59/h11,14,16,20,22,27,35-36,40-44,48-50,57-58H,4-10,12-13,15,17-19,21,23-26,28-34,37-39H2,1-3H3,(H,60,61)(H,62,63)(H2,52,53,59)/b14-11-,20-16-,27-22-/t41-,42?,43?,44-,48-,49-,50-/m1/s1. The van der Waals surface area contributed by atoms with Crippen molar-refractivity contribution in [3.63, 3.8) is 0 Å². The monoisotopic (exact) mass is 1060 g/mol. The molecule has 1 aromatic rings. The summed E-state index contributed by atoms with van der Waals surface area (Å²) in [5.74, 6) is -0.578. The van der Waals surface area contributed by atoms with Crippen molar-refractivity contribution in [1.82, 2.24) is 9.55 Å². The summed E-state index contributed by atoms with van der Waals surface area (Å²) >= 11 is 0. The normalized spacial score (nSPS) is 22.2. The maximum atomic E-state index is 12.9. The lowest BCUT2D eigenvalue weighted by atomic mass is 10.0. The summed E-state index contributed by atoms with van der Waals surface area (Å²) in [5, 5.41) is 20.9. The number of nitrogens with zero attached hydrogens (tertiary/aromatic N) is 2. The van der Waals surface area contributed by atoms with E-state index in [4.69, 9.17) is 33.7 Å². The number of allylic oxidation sites excluding steroid dienone is 5. The van der Waals surface area contributed by atoms with Crippen LogP contribution in [-0.2, 0) is 51.0 Å². The van der Waals surface area contributed by atoms with Crippen LogP contribution in [0.4, 0.5) is 5.82 Å². The maximum Gasteiger partial charge on any atom is 0.481 e. The molecule has 0 saturated carbocycles. The number of nitrogen functional groups attached to an aromatic ring is 1. The van der Waals surface area contributed by atoms with Crippen molar-refractivity contribution in [3.8, 4) is 0 Å². The fourth-order valence-corrected chi connectivity index (χ4v) is 10.2. The van der Waals surface area contributed by atoms with E-state index in [1.165, 1.54) is 83.1 Å². The molecule has 0 aliphatic carbocycles. The molecule has 3 rings (SSSR count). The van der Waals surface area contributed by atoms with Gasteiger partial charge in [-0.05, 0) is 56.9 Å². The van der Waals surface area contributed by atoms with Crippen LogP contribution in [0.3, 0.4) is 0 Å². The van der Waals surface area contributed by atoms with E-state index in [9.17, 15) is 43.5 Å². The van der Waals surface area contributed by atoms with Gasteiger partial charge in [0.1, 0.15) is 30.7 Å². The van der Waals surface area contributed by atoms with Crippen LogP contribution in [0.15, 0.2) is 53.5 Å². The van der Waals surface area contributed by atoms with Crippen LogP contribution in [0.5, 0.6) is 0 Å². The molecule has 1 aromatic heterocycles. The van der Waals surface area contributed by atoms with Crippen molar-refractivity contribution >= 4 is 33.4 Å². The van der Waals surface area contributed by atoms with Gasteiger partial charge >= 0.3 is 33.3 Å². The van der Waals surface area contributed by atoms with Gasteiger partial charge in [-0.1, -0.05) is 160 Å². The van der Waals surface area contributed by atoms with E-state index in [0.717, 1.165) is 68.0 Å². The number of carbonyl (C=O) groups is 2. The number of epoxide rings is 1. The Morgan fingerprint density at radius 3 is 1.97 bits per heavy atom. The van der Waals surface area contributed by atoms with Crippen LogP contribution in [0, 0.1) is 5.92 Å². The van der Waals surface area contributed by atoms with E-state index in [2.05, 4.69) is 54.4 Å². The summed E-state index contributed by atoms with van der Waals surface area (Å²) in [7, 11) is -10.9. The Labute approximate surface area is 427 Å². The summed E-state index contributed by atoms with van der Waals surface area (Å²) in [6.45, 7) is 4.40. The zero-order chi connectivity index (χ0) is 52.6. The third-order valence-electron chi connectivity index (χ3n) is 12.3. The van der Waals surface area contributed by atoms with Gasteiger partial charge < -0.3 is 44.7 Å². The lowest BCUT2D eigenvalue weighted by molar-refractivity contribution is -0.161. The molecule has 4 unspecified atom stereocenters. The van der Waals surface area contributed by atoms with Gasteiger partial charge in [0.25, 0.3) is 0 Å². The molecule has 19 nitrogen and oxygen atoms in total. The van der Waals surface area contributed by atoms with Crippen molar-refractivity contribution in [2.45, 2.75) is 224 Å². The van der Waals surface area contributed by atoms with Crippen LogP contribution in [0.25, 0.3) is 0 Å². The molecular formula is C51H87N3O16P2. The second-order valence-electron chi connectivity index (χ2n) is 19.2. The lowest BCUT2D eigenvalue weighted by Crippen LogP contribution is -2.36.